The smallest absolute Gasteiger partial charge is 0.119 e. The lowest BCUT2D eigenvalue weighted by atomic mass is 9.79. The van der Waals surface area contributed by atoms with Gasteiger partial charge < -0.3 is 5.11 Å². The van der Waals surface area contributed by atoms with Gasteiger partial charge in [-0.15, -0.1) is 12.4 Å². The molecule has 1 aromatic rings. The van der Waals surface area contributed by atoms with Gasteiger partial charge in [0.1, 0.15) is 5.75 Å². The molecule has 2 atom stereocenters. The maximum absolute atomic E-state index is 9.93. The molecule has 2 aliphatic rings. The molecule has 1 fully saturated rings. The molecule has 1 aromatic carbocycles. The number of benzene rings is 1. The maximum Gasteiger partial charge on any atom is 0.119 e. The van der Waals surface area contributed by atoms with Crippen LogP contribution in [0.25, 0.3) is 0 Å². The highest BCUT2D eigenvalue weighted by Crippen LogP contribution is 2.43. The highest BCUT2D eigenvalue weighted by Gasteiger charge is 2.38. The first-order valence-corrected chi connectivity index (χ1v) is 6.86. The second-order valence-electron chi connectivity index (χ2n) is 5.38. The largest absolute Gasteiger partial charge is 0.508 e. The molecular weight excluding hydrogens is 246 g/mol. The van der Waals surface area contributed by atoms with Gasteiger partial charge in [0.05, 0.1) is 0 Å². The predicted molar refractivity (Wildman–Crippen MR) is 76.7 cm³/mol. The van der Waals surface area contributed by atoms with Crippen LogP contribution in [0.5, 0.6) is 5.75 Å². The van der Waals surface area contributed by atoms with E-state index in [2.05, 4.69) is 17.9 Å². The molecule has 0 amide bonds. The Labute approximate surface area is 115 Å². The molecule has 0 bridgehead atoms. The minimum atomic E-state index is 0. The molecule has 2 nitrogen and oxygen atoms in total. The van der Waals surface area contributed by atoms with Crippen molar-refractivity contribution in [3.8, 4) is 5.75 Å². The molecule has 1 heterocycles. The minimum Gasteiger partial charge on any atom is -0.508 e. The van der Waals surface area contributed by atoms with Gasteiger partial charge in [-0.1, -0.05) is 19.1 Å². The van der Waals surface area contributed by atoms with Gasteiger partial charge in [0, 0.05) is 12.0 Å². The molecule has 0 aromatic heterocycles. The fourth-order valence-electron chi connectivity index (χ4n) is 3.73. The van der Waals surface area contributed by atoms with Crippen LogP contribution in [-0.4, -0.2) is 29.1 Å². The molecule has 1 N–H and O–H groups in total. The second kappa shape index (κ2) is 5.50. The molecule has 18 heavy (non-hydrogen) atoms. The van der Waals surface area contributed by atoms with Crippen LogP contribution in [0.4, 0.5) is 0 Å². The van der Waals surface area contributed by atoms with E-state index >= 15 is 0 Å². The van der Waals surface area contributed by atoms with Crippen molar-refractivity contribution in [2.75, 3.05) is 13.1 Å². The molecule has 0 spiro atoms. The van der Waals surface area contributed by atoms with Gasteiger partial charge in [0.25, 0.3) is 0 Å². The fourth-order valence-corrected chi connectivity index (χ4v) is 3.73. The lowest BCUT2D eigenvalue weighted by molar-refractivity contribution is 0.226. The zero-order valence-electron chi connectivity index (χ0n) is 10.9. The Hall–Kier alpha value is -0.730. The Morgan fingerprint density at radius 2 is 2.17 bits per heavy atom. The summed E-state index contributed by atoms with van der Waals surface area (Å²) >= 11 is 0. The topological polar surface area (TPSA) is 23.5 Å². The van der Waals surface area contributed by atoms with Crippen LogP contribution >= 0.6 is 12.4 Å². The monoisotopic (exact) mass is 267 g/mol. The van der Waals surface area contributed by atoms with Crippen molar-refractivity contribution in [1.82, 2.24) is 4.90 Å². The van der Waals surface area contributed by atoms with E-state index in [9.17, 15) is 5.11 Å². The molecule has 1 aliphatic heterocycles. The molecule has 1 saturated heterocycles. The van der Waals surface area contributed by atoms with Crippen LogP contribution in [0, 0.1) is 0 Å². The third kappa shape index (κ3) is 2.12. The van der Waals surface area contributed by atoms with Crippen molar-refractivity contribution in [2.45, 2.75) is 44.6 Å². The minimum absolute atomic E-state index is 0. The zero-order chi connectivity index (χ0) is 11.8. The quantitative estimate of drug-likeness (QED) is 0.889. The number of rotatable bonds is 2. The van der Waals surface area contributed by atoms with Gasteiger partial charge in [-0.25, -0.2) is 0 Å². The summed E-state index contributed by atoms with van der Waals surface area (Å²) in [7, 11) is 0. The first-order valence-electron chi connectivity index (χ1n) is 6.86. The van der Waals surface area contributed by atoms with Gasteiger partial charge in [-0.3, -0.25) is 4.90 Å². The molecule has 100 valence electrons. The van der Waals surface area contributed by atoms with E-state index < -0.39 is 0 Å². The number of fused-ring (bicyclic) bond motifs is 3. The summed E-state index contributed by atoms with van der Waals surface area (Å²) < 4.78 is 0. The Balaban J connectivity index is 0.00000120. The van der Waals surface area contributed by atoms with Crippen molar-refractivity contribution < 1.29 is 5.11 Å². The Kier molecular flexibility index (Phi) is 4.18. The number of halogens is 1. The first kappa shape index (κ1) is 13.7. The standard InChI is InChI=1S/C15H21NO.ClH/c1-2-9-16-10-8-12-11-4-3-5-15(17)13(11)6-7-14(12)16;/h3-5,12,14,17H,2,6-10H2,1H3;1H/t12-,14+;/m1./s1. The molecule has 0 unspecified atom stereocenters. The van der Waals surface area contributed by atoms with Crippen LogP contribution in [0.2, 0.25) is 0 Å². The molecule has 0 saturated carbocycles. The highest BCUT2D eigenvalue weighted by molar-refractivity contribution is 5.85. The summed E-state index contributed by atoms with van der Waals surface area (Å²) in [4.78, 5) is 2.65. The molecule has 3 rings (SSSR count). The average molecular weight is 268 g/mol. The summed E-state index contributed by atoms with van der Waals surface area (Å²) in [5.41, 5.74) is 2.63. The summed E-state index contributed by atoms with van der Waals surface area (Å²) in [6, 6.07) is 6.78. The van der Waals surface area contributed by atoms with Crippen molar-refractivity contribution in [3.63, 3.8) is 0 Å². The summed E-state index contributed by atoms with van der Waals surface area (Å²) in [5, 5.41) is 9.93. The van der Waals surface area contributed by atoms with Gasteiger partial charge in [0.15, 0.2) is 0 Å². The van der Waals surface area contributed by atoms with E-state index in [4.69, 9.17) is 0 Å². The van der Waals surface area contributed by atoms with Gasteiger partial charge in [0.2, 0.25) is 0 Å². The van der Waals surface area contributed by atoms with Gasteiger partial charge in [-0.2, -0.15) is 0 Å². The number of hydrogen-bond acceptors (Lipinski definition) is 2. The number of hydrogen-bond donors (Lipinski definition) is 1. The van der Waals surface area contributed by atoms with Gasteiger partial charge >= 0.3 is 0 Å². The number of nitrogens with zero attached hydrogens (tertiary/aromatic N) is 1. The second-order valence-corrected chi connectivity index (χ2v) is 5.38. The van der Waals surface area contributed by atoms with Crippen molar-refractivity contribution in [1.29, 1.82) is 0 Å². The third-order valence-corrected chi connectivity index (χ3v) is 4.45. The normalized spacial score (nSPS) is 26.3. The van der Waals surface area contributed by atoms with E-state index in [1.165, 1.54) is 43.5 Å². The lowest BCUT2D eigenvalue weighted by Crippen LogP contribution is -2.35. The van der Waals surface area contributed by atoms with Gasteiger partial charge in [-0.05, 0) is 56.0 Å². The maximum atomic E-state index is 9.93. The van der Waals surface area contributed by atoms with Crippen molar-refractivity contribution in [2.24, 2.45) is 0 Å². The van der Waals surface area contributed by atoms with E-state index in [1.54, 1.807) is 0 Å². The van der Waals surface area contributed by atoms with Crippen LogP contribution < -0.4 is 0 Å². The summed E-state index contributed by atoms with van der Waals surface area (Å²) in [5.74, 6) is 1.17. The molecular formula is C15H22ClNO. The SMILES string of the molecule is CCCN1CC[C@@H]2c3cccc(O)c3CC[C@@H]21.Cl. The predicted octanol–water partition coefficient (Wildman–Crippen LogP) is 3.33. The van der Waals surface area contributed by atoms with E-state index in [0.717, 1.165) is 12.5 Å². The summed E-state index contributed by atoms with van der Waals surface area (Å²) in [6.45, 7) is 4.73. The van der Waals surface area contributed by atoms with Crippen LogP contribution in [0.1, 0.15) is 43.2 Å². The molecule has 3 heteroatoms. The highest BCUT2D eigenvalue weighted by atomic mass is 35.5. The van der Waals surface area contributed by atoms with Crippen molar-refractivity contribution in [3.05, 3.63) is 29.3 Å². The van der Waals surface area contributed by atoms with Crippen molar-refractivity contribution >= 4 is 12.4 Å². The Morgan fingerprint density at radius 1 is 1.33 bits per heavy atom. The number of phenolic OH excluding ortho intramolecular Hbond substituents is 1. The lowest BCUT2D eigenvalue weighted by Gasteiger charge is -2.33. The van der Waals surface area contributed by atoms with E-state index in [0.29, 0.717) is 11.7 Å². The fraction of sp³-hybridized carbons (Fsp3) is 0.600. The average Bonchev–Trinajstić information content (AvgIpc) is 2.74. The van der Waals surface area contributed by atoms with E-state index in [1.807, 2.05) is 12.1 Å². The molecule has 1 aliphatic carbocycles. The van der Waals surface area contributed by atoms with Crippen LogP contribution in [0.3, 0.4) is 0 Å². The number of likely N-dealkylation sites (tertiary alicyclic amines) is 1. The zero-order valence-corrected chi connectivity index (χ0v) is 11.7. The first-order chi connectivity index (χ1) is 8.31. The van der Waals surface area contributed by atoms with Crippen LogP contribution in [0.15, 0.2) is 18.2 Å². The van der Waals surface area contributed by atoms with E-state index in [-0.39, 0.29) is 12.4 Å². The third-order valence-electron chi connectivity index (χ3n) is 4.45. The Morgan fingerprint density at radius 3 is 2.94 bits per heavy atom. The number of phenols is 1. The molecule has 0 radical (unpaired) electrons. The number of aromatic hydroxyl groups is 1. The Bertz CT molecular complexity index is 421. The summed E-state index contributed by atoms with van der Waals surface area (Å²) in [6.07, 6.45) is 4.77. The van der Waals surface area contributed by atoms with Crippen LogP contribution in [-0.2, 0) is 6.42 Å².